The number of aliphatic imine (C=N–C) groups is 1. The van der Waals surface area contributed by atoms with Gasteiger partial charge in [-0.2, -0.15) is 0 Å². The molecular weight excluding hydrogens is 506 g/mol. The number of ether oxygens (including phenoxy) is 2. The molecular formula is C31H45N5O4. The molecule has 0 radical (unpaired) electrons. The van der Waals surface area contributed by atoms with E-state index in [9.17, 15) is 9.59 Å². The Kier molecular flexibility index (Phi) is 12.1. The lowest BCUT2D eigenvalue weighted by molar-refractivity contribution is -0.123. The molecule has 1 atom stereocenters. The van der Waals surface area contributed by atoms with Gasteiger partial charge >= 0.3 is 6.03 Å². The molecule has 3 aliphatic rings. The van der Waals surface area contributed by atoms with E-state index in [0.717, 1.165) is 44.0 Å². The normalized spacial score (nSPS) is 18.0. The third-order valence-corrected chi connectivity index (χ3v) is 7.14. The summed E-state index contributed by atoms with van der Waals surface area (Å²) < 4.78 is 10.1. The number of amides is 2. The van der Waals surface area contributed by atoms with Crippen molar-refractivity contribution in [3.05, 3.63) is 60.6 Å². The Morgan fingerprint density at radius 2 is 1.77 bits per heavy atom. The first-order chi connectivity index (χ1) is 19.4. The molecule has 1 fully saturated rings. The molecule has 1 aromatic heterocycles. The Morgan fingerprint density at radius 1 is 1.12 bits per heavy atom. The van der Waals surface area contributed by atoms with Gasteiger partial charge in [0, 0.05) is 32.1 Å². The number of benzene rings is 1. The van der Waals surface area contributed by atoms with Crippen LogP contribution in [0.3, 0.4) is 0 Å². The number of urea groups is 1. The largest absolute Gasteiger partial charge is 0.353 e. The van der Waals surface area contributed by atoms with Gasteiger partial charge in [0.05, 0.1) is 12.6 Å². The average molecular weight is 552 g/mol. The Hall–Kier alpha value is -3.30. The predicted octanol–water partition coefficient (Wildman–Crippen LogP) is 5.87. The first-order valence-electron chi connectivity index (χ1n) is 14.4. The summed E-state index contributed by atoms with van der Waals surface area (Å²) in [5.41, 5.74) is 2.04. The summed E-state index contributed by atoms with van der Waals surface area (Å²) in [6.45, 7) is 15.7. The average Bonchev–Trinajstić information content (AvgIpc) is 3.71. The van der Waals surface area contributed by atoms with E-state index in [4.69, 9.17) is 19.5 Å². The molecule has 2 aromatic rings. The number of hydrogen-bond acceptors (Lipinski definition) is 6. The summed E-state index contributed by atoms with van der Waals surface area (Å²) >= 11 is 0. The molecule has 2 aliphatic heterocycles. The van der Waals surface area contributed by atoms with E-state index in [2.05, 4.69) is 30.3 Å². The summed E-state index contributed by atoms with van der Waals surface area (Å²) in [4.78, 5) is 41.6. The topological polar surface area (TPSA) is 100 Å². The molecule has 0 unspecified atom stereocenters. The van der Waals surface area contributed by atoms with Gasteiger partial charge in [0.25, 0.3) is 0 Å². The molecule has 1 aliphatic carbocycles. The second-order valence-corrected chi connectivity index (χ2v) is 10.1. The van der Waals surface area contributed by atoms with Crippen LogP contribution < -0.4 is 4.90 Å². The molecule has 2 amide bonds. The number of anilines is 1. The van der Waals surface area contributed by atoms with Crippen LogP contribution in [0, 0.1) is 0 Å². The van der Waals surface area contributed by atoms with Gasteiger partial charge in [-0.25, -0.2) is 9.78 Å². The third kappa shape index (κ3) is 7.88. The van der Waals surface area contributed by atoms with E-state index < -0.39 is 0 Å². The van der Waals surface area contributed by atoms with Crippen LogP contribution in [0.2, 0.25) is 0 Å². The zero-order valence-corrected chi connectivity index (χ0v) is 24.5. The molecule has 9 nitrogen and oxygen atoms in total. The lowest BCUT2D eigenvalue weighted by Crippen LogP contribution is -2.51. The van der Waals surface area contributed by atoms with Crippen molar-refractivity contribution >= 4 is 23.5 Å². The van der Waals surface area contributed by atoms with E-state index in [-0.39, 0.29) is 24.1 Å². The Bertz CT molecular complexity index is 1120. The number of carbonyl (C=O) groups excluding carboxylic acids is 2. The number of fused-ring (bicyclic) bond motifs is 3. The van der Waals surface area contributed by atoms with Gasteiger partial charge in [0.2, 0.25) is 0 Å². The Balaban J connectivity index is 0.000000383. The smallest absolute Gasteiger partial charge is 0.331 e. The number of aromatic amines is 1. The highest BCUT2D eigenvalue weighted by molar-refractivity contribution is 6.18. The highest BCUT2D eigenvalue weighted by Gasteiger charge is 2.43. The van der Waals surface area contributed by atoms with Crippen molar-refractivity contribution < 1.29 is 19.1 Å². The molecule has 1 aromatic carbocycles. The van der Waals surface area contributed by atoms with Gasteiger partial charge < -0.3 is 14.5 Å². The van der Waals surface area contributed by atoms with Gasteiger partial charge in [-0.05, 0) is 52.5 Å². The summed E-state index contributed by atoms with van der Waals surface area (Å²) in [6, 6.07) is 10.1. The highest BCUT2D eigenvalue weighted by atomic mass is 16.7. The van der Waals surface area contributed by atoms with Crippen LogP contribution in [0.1, 0.15) is 82.8 Å². The lowest BCUT2D eigenvalue weighted by atomic mass is 10.1. The summed E-state index contributed by atoms with van der Waals surface area (Å²) in [6.07, 6.45) is 5.77. The Morgan fingerprint density at radius 3 is 2.38 bits per heavy atom. The number of rotatable bonds is 10. The van der Waals surface area contributed by atoms with Crippen LogP contribution in [0.15, 0.2) is 48.5 Å². The lowest BCUT2D eigenvalue weighted by Gasteiger charge is -2.32. The first-order valence-corrected chi connectivity index (χ1v) is 14.4. The predicted molar refractivity (Wildman–Crippen MR) is 159 cm³/mol. The monoisotopic (exact) mass is 551 g/mol. The van der Waals surface area contributed by atoms with Gasteiger partial charge in [-0.15, -0.1) is 13.2 Å². The number of imidazole rings is 1. The fraction of sp³-hybridized carbons (Fsp3) is 0.548. The summed E-state index contributed by atoms with van der Waals surface area (Å²) in [7, 11) is 0. The van der Waals surface area contributed by atoms with Crippen molar-refractivity contribution in [2.24, 2.45) is 4.99 Å². The van der Waals surface area contributed by atoms with Crippen LogP contribution in [0.5, 0.6) is 0 Å². The quantitative estimate of drug-likeness (QED) is 0.294. The van der Waals surface area contributed by atoms with Gasteiger partial charge in [-0.3, -0.25) is 19.6 Å². The van der Waals surface area contributed by atoms with Crippen LogP contribution in [0.25, 0.3) is 0 Å². The molecule has 0 spiro atoms. The van der Waals surface area contributed by atoms with E-state index in [1.165, 1.54) is 18.4 Å². The van der Waals surface area contributed by atoms with Crippen LogP contribution in [0.4, 0.5) is 10.6 Å². The van der Waals surface area contributed by atoms with Crippen molar-refractivity contribution in [1.82, 2.24) is 14.9 Å². The summed E-state index contributed by atoms with van der Waals surface area (Å²) in [5.74, 6) is 2.77. The number of nitrogens with one attached hydrogen (secondary N) is 1. The van der Waals surface area contributed by atoms with E-state index in [1.807, 2.05) is 39.0 Å². The SMILES string of the molecule is C=C.CC(=O)CCN1C(=O)N2C[C@@H](Cc3ccccc3)N=C2c2[nH]c(C3CCCC3)nc21.CCOC(C)OCC. The number of carbonyl (C=O) groups is 2. The first kappa shape index (κ1) is 31.2. The number of hydrogen-bond donors (Lipinski definition) is 1. The second-order valence-electron chi connectivity index (χ2n) is 10.1. The van der Waals surface area contributed by atoms with Crippen molar-refractivity contribution in [2.45, 2.75) is 84.5 Å². The Labute approximate surface area is 238 Å². The maximum absolute atomic E-state index is 13.3. The number of aromatic nitrogens is 2. The molecule has 1 N–H and O–H groups in total. The number of nitrogens with zero attached hydrogens (tertiary/aromatic N) is 4. The van der Waals surface area contributed by atoms with E-state index >= 15 is 0 Å². The van der Waals surface area contributed by atoms with Crippen molar-refractivity contribution in [3.8, 4) is 0 Å². The zero-order chi connectivity index (χ0) is 29.1. The van der Waals surface area contributed by atoms with Crippen LogP contribution in [-0.4, -0.2) is 71.2 Å². The fourth-order valence-electron chi connectivity index (χ4n) is 5.30. The molecule has 40 heavy (non-hydrogen) atoms. The zero-order valence-electron chi connectivity index (χ0n) is 24.5. The fourth-order valence-corrected chi connectivity index (χ4v) is 5.30. The molecule has 3 heterocycles. The van der Waals surface area contributed by atoms with Gasteiger partial charge in [0.15, 0.2) is 17.9 Å². The molecule has 0 bridgehead atoms. The van der Waals surface area contributed by atoms with Crippen molar-refractivity contribution in [1.29, 1.82) is 0 Å². The number of ketones is 1. The maximum atomic E-state index is 13.3. The van der Waals surface area contributed by atoms with Crippen molar-refractivity contribution in [2.75, 3.05) is 31.2 Å². The molecule has 9 heteroatoms. The van der Waals surface area contributed by atoms with Gasteiger partial charge in [0.1, 0.15) is 17.3 Å². The standard InChI is InChI=1S/C23H27N5O2.C6H14O2.C2H4/c1-15(29)11-12-27-22-19(25-20(26-22)17-9-5-6-10-17)21-24-18(14-28(21)23(27)30)13-16-7-3-2-4-8-16;1-4-7-6(3)8-5-2;1-2/h2-4,7-8,17-18H,5-6,9-14H2,1H3,(H,25,26);6H,4-5H2,1-3H3;1-2H2/t18-;;/m1../s1. The van der Waals surface area contributed by atoms with E-state index in [1.54, 1.807) is 16.7 Å². The number of amidine groups is 1. The molecule has 0 saturated heterocycles. The molecule has 5 rings (SSSR count). The summed E-state index contributed by atoms with van der Waals surface area (Å²) in [5, 5.41) is 0. The van der Waals surface area contributed by atoms with Crippen molar-refractivity contribution in [3.63, 3.8) is 0 Å². The second kappa shape index (κ2) is 15.5. The molecule has 1 saturated carbocycles. The number of H-pyrrole nitrogens is 1. The van der Waals surface area contributed by atoms with E-state index in [0.29, 0.717) is 37.1 Å². The van der Waals surface area contributed by atoms with Crippen LogP contribution in [-0.2, 0) is 20.7 Å². The minimum Gasteiger partial charge on any atom is -0.353 e. The molecule has 218 valence electrons. The van der Waals surface area contributed by atoms with Gasteiger partial charge in [-0.1, -0.05) is 43.2 Å². The maximum Gasteiger partial charge on any atom is 0.331 e. The van der Waals surface area contributed by atoms with Crippen LogP contribution >= 0.6 is 0 Å². The number of Topliss-reactive ketones (excluding diaryl/α,β-unsaturated/α-hetero) is 1. The minimum absolute atomic E-state index is 0.0187. The highest BCUT2D eigenvalue weighted by Crippen LogP contribution is 2.37. The third-order valence-electron chi connectivity index (χ3n) is 7.14. The minimum atomic E-state index is -0.123.